The summed E-state index contributed by atoms with van der Waals surface area (Å²) in [6.45, 7) is 5.67. The van der Waals surface area contributed by atoms with Crippen LogP contribution in [0.3, 0.4) is 0 Å². The molecule has 2 amide bonds. The minimum absolute atomic E-state index is 0.0455. The molecule has 0 aliphatic carbocycles. The van der Waals surface area contributed by atoms with Gasteiger partial charge in [-0.3, -0.25) is 9.59 Å². The van der Waals surface area contributed by atoms with Crippen molar-refractivity contribution in [2.45, 2.75) is 13.8 Å². The molecule has 1 fully saturated rings. The standard InChI is InChI=1S/C29H28N2O4/c1-19(14-29(33)31-12-10-30(11-13-31)20(2)32)24-16-25-26(18-35-28(25)17-27(24)34-3)23-9-8-21-6-4-5-7-22(21)15-23/h4-9,14-18H,10-13H2,1-3H3/b19-14+. The summed E-state index contributed by atoms with van der Waals surface area (Å²) >= 11 is 0. The van der Waals surface area contributed by atoms with E-state index in [1.807, 2.05) is 31.2 Å². The Kier molecular flexibility index (Phi) is 6.03. The summed E-state index contributed by atoms with van der Waals surface area (Å²) in [5.74, 6) is 0.638. The zero-order chi connectivity index (χ0) is 24.5. The lowest BCUT2D eigenvalue weighted by Crippen LogP contribution is -2.49. The molecule has 4 aromatic rings. The molecular weight excluding hydrogens is 440 g/mol. The van der Waals surface area contributed by atoms with Crippen molar-refractivity contribution in [3.63, 3.8) is 0 Å². The number of hydrogen-bond acceptors (Lipinski definition) is 4. The Morgan fingerprint density at radius 1 is 0.914 bits per heavy atom. The molecule has 35 heavy (non-hydrogen) atoms. The average molecular weight is 469 g/mol. The Labute approximate surface area is 204 Å². The molecule has 1 aliphatic rings. The molecular formula is C29H28N2O4. The molecule has 6 heteroatoms. The van der Waals surface area contributed by atoms with Gasteiger partial charge >= 0.3 is 0 Å². The lowest BCUT2D eigenvalue weighted by Gasteiger charge is -2.33. The van der Waals surface area contributed by atoms with E-state index in [1.165, 1.54) is 10.8 Å². The smallest absolute Gasteiger partial charge is 0.246 e. The van der Waals surface area contributed by atoms with E-state index in [9.17, 15) is 9.59 Å². The number of carbonyl (C=O) groups excluding carboxylic acids is 2. The van der Waals surface area contributed by atoms with Crippen LogP contribution < -0.4 is 4.74 Å². The summed E-state index contributed by atoms with van der Waals surface area (Å²) in [4.78, 5) is 28.1. The van der Waals surface area contributed by atoms with Gasteiger partial charge in [-0.05, 0) is 41.0 Å². The lowest BCUT2D eigenvalue weighted by molar-refractivity contribution is -0.135. The van der Waals surface area contributed by atoms with Crippen molar-refractivity contribution < 1.29 is 18.7 Å². The number of piperazine rings is 1. The van der Waals surface area contributed by atoms with Gasteiger partial charge in [0.15, 0.2) is 0 Å². The van der Waals surface area contributed by atoms with Crippen molar-refractivity contribution in [1.29, 1.82) is 0 Å². The van der Waals surface area contributed by atoms with E-state index in [0.717, 1.165) is 33.2 Å². The Morgan fingerprint density at radius 3 is 2.34 bits per heavy atom. The van der Waals surface area contributed by atoms with Crippen LogP contribution in [0.2, 0.25) is 0 Å². The summed E-state index contributed by atoms with van der Waals surface area (Å²) in [6.07, 6.45) is 3.43. The van der Waals surface area contributed by atoms with Crippen molar-refractivity contribution in [2.24, 2.45) is 0 Å². The molecule has 0 bridgehead atoms. The summed E-state index contributed by atoms with van der Waals surface area (Å²) in [5.41, 5.74) is 4.45. The van der Waals surface area contributed by atoms with Gasteiger partial charge in [-0.25, -0.2) is 0 Å². The first-order chi connectivity index (χ1) is 16.9. The van der Waals surface area contributed by atoms with Gasteiger partial charge in [0, 0.05) is 61.8 Å². The summed E-state index contributed by atoms with van der Waals surface area (Å²) in [7, 11) is 1.62. The van der Waals surface area contributed by atoms with E-state index in [0.29, 0.717) is 31.9 Å². The van der Waals surface area contributed by atoms with Crippen LogP contribution in [0.5, 0.6) is 5.75 Å². The predicted molar refractivity (Wildman–Crippen MR) is 138 cm³/mol. The minimum atomic E-state index is -0.0604. The third-order valence-electron chi connectivity index (χ3n) is 6.76. The maximum atomic E-state index is 13.0. The molecule has 0 radical (unpaired) electrons. The van der Waals surface area contributed by atoms with Crippen LogP contribution in [0.4, 0.5) is 0 Å². The van der Waals surface area contributed by atoms with Gasteiger partial charge in [-0.2, -0.15) is 0 Å². The van der Waals surface area contributed by atoms with Crippen molar-refractivity contribution in [2.75, 3.05) is 33.3 Å². The molecule has 1 saturated heterocycles. The SMILES string of the molecule is COc1cc2occ(-c3ccc4ccccc4c3)c2cc1/C(C)=C/C(=O)N1CCN(C(C)=O)CC1. The number of ether oxygens (including phenoxy) is 1. The number of fused-ring (bicyclic) bond motifs is 2. The molecule has 178 valence electrons. The first-order valence-corrected chi connectivity index (χ1v) is 11.8. The van der Waals surface area contributed by atoms with E-state index in [2.05, 4.69) is 30.3 Å². The molecule has 1 aliphatic heterocycles. The second-order valence-electron chi connectivity index (χ2n) is 8.92. The molecule has 6 nitrogen and oxygen atoms in total. The number of nitrogens with zero attached hydrogens (tertiary/aromatic N) is 2. The van der Waals surface area contributed by atoms with E-state index >= 15 is 0 Å². The monoisotopic (exact) mass is 468 g/mol. The van der Waals surface area contributed by atoms with Crippen LogP contribution in [0.1, 0.15) is 19.4 Å². The molecule has 0 N–H and O–H groups in total. The van der Waals surface area contributed by atoms with Crippen LogP contribution in [0.25, 0.3) is 38.4 Å². The topological polar surface area (TPSA) is 63.0 Å². The fraction of sp³-hybridized carbons (Fsp3) is 0.241. The fourth-order valence-electron chi connectivity index (χ4n) is 4.71. The Bertz CT molecular complexity index is 1460. The van der Waals surface area contributed by atoms with Crippen LogP contribution >= 0.6 is 0 Å². The van der Waals surface area contributed by atoms with Crippen molar-refractivity contribution in [3.05, 3.63) is 72.5 Å². The van der Waals surface area contributed by atoms with Gasteiger partial charge in [0.2, 0.25) is 11.8 Å². The van der Waals surface area contributed by atoms with Gasteiger partial charge in [0.25, 0.3) is 0 Å². The van der Waals surface area contributed by atoms with Crippen LogP contribution in [0.15, 0.2) is 71.4 Å². The molecule has 1 aromatic heterocycles. The normalized spacial score (nSPS) is 14.5. The maximum Gasteiger partial charge on any atom is 0.246 e. The van der Waals surface area contributed by atoms with Crippen LogP contribution in [-0.4, -0.2) is 54.9 Å². The first kappa shape index (κ1) is 22.7. The van der Waals surface area contributed by atoms with Crippen LogP contribution in [-0.2, 0) is 9.59 Å². The van der Waals surface area contributed by atoms with Crippen molar-refractivity contribution >= 4 is 39.1 Å². The van der Waals surface area contributed by atoms with E-state index < -0.39 is 0 Å². The van der Waals surface area contributed by atoms with Gasteiger partial charge in [0.1, 0.15) is 11.3 Å². The highest BCUT2D eigenvalue weighted by Gasteiger charge is 2.22. The number of furan rings is 1. The zero-order valence-corrected chi connectivity index (χ0v) is 20.2. The van der Waals surface area contributed by atoms with Crippen molar-refractivity contribution in [1.82, 2.24) is 9.80 Å². The number of rotatable bonds is 4. The van der Waals surface area contributed by atoms with Gasteiger partial charge in [0.05, 0.1) is 13.4 Å². The largest absolute Gasteiger partial charge is 0.496 e. The molecule has 0 spiro atoms. The summed E-state index contributed by atoms with van der Waals surface area (Å²) < 4.78 is 11.5. The molecule has 3 aromatic carbocycles. The predicted octanol–water partition coefficient (Wildman–Crippen LogP) is 5.36. The highest BCUT2D eigenvalue weighted by Crippen LogP contribution is 2.38. The maximum absolute atomic E-state index is 13.0. The summed E-state index contributed by atoms with van der Waals surface area (Å²) in [5, 5.41) is 3.32. The number of amides is 2. The number of methoxy groups -OCH3 is 1. The lowest BCUT2D eigenvalue weighted by atomic mass is 9.97. The zero-order valence-electron chi connectivity index (χ0n) is 20.2. The first-order valence-electron chi connectivity index (χ1n) is 11.8. The molecule has 5 rings (SSSR count). The van der Waals surface area contributed by atoms with E-state index in [4.69, 9.17) is 9.15 Å². The average Bonchev–Trinajstić information content (AvgIpc) is 3.30. The minimum Gasteiger partial charge on any atom is -0.496 e. The van der Waals surface area contributed by atoms with Gasteiger partial charge in [-0.15, -0.1) is 0 Å². The molecule has 0 unspecified atom stereocenters. The summed E-state index contributed by atoms with van der Waals surface area (Å²) in [6, 6.07) is 18.6. The molecule has 2 heterocycles. The Hall–Kier alpha value is -4.06. The molecule has 0 atom stereocenters. The molecule has 0 saturated carbocycles. The number of hydrogen-bond donors (Lipinski definition) is 0. The van der Waals surface area contributed by atoms with Crippen LogP contribution in [0, 0.1) is 0 Å². The second-order valence-corrected chi connectivity index (χ2v) is 8.92. The number of allylic oxidation sites excluding steroid dienone is 1. The quantitative estimate of drug-likeness (QED) is 0.379. The van der Waals surface area contributed by atoms with E-state index in [1.54, 1.807) is 36.2 Å². The van der Waals surface area contributed by atoms with Gasteiger partial charge < -0.3 is 19.0 Å². The number of carbonyl (C=O) groups is 2. The second kappa shape index (κ2) is 9.29. The highest BCUT2D eigenvalue weighted by molar-refractivity contribution is 6.01. The third kappa shape index (κ3) is 4.39. The number of benzene rings is 3. The van der Waals surface area contributed by atoms with Gasteiger partial charge in [-0.1, -0.05) is 36.4 Å². The highest BCUT2D eigenvalue weighted by atomic mass is 16.5. The third-order valence-corrected chi connectivity index (χ3v) is 6.76. The fourth-order valence-corrected chi connectivity index (χ4v) is 4.71. The Balaban J connectivity index is 1.48. The Morgan fingerprint density at radius 2 is 1.63 bits per heavy atom. The van der Waals surface area contributed by atoms with E-state index in [-0.39, 0.29) is 11.8 Å². The van der Waals surface area contributed by atoms with Crippen molar-refractivity contribution in [3.8, 4) is 16.9 Å².